The first-order chi connectivity index (χ1) is 27.1. The van der Waals surface area contributed by atoms with Crippen LogP contribution in [0.15, 0.2) is 24.3 Å². The summed E-state index contributed by atoms with van der Waals surface area (Å²) in [6, 6.07) is -1.54. The fourth-order valence-corrected chi connectivity index (χ4v) is 7.00. The number of aliphatic carboxylic acids is 1. The molecule has 0 radical (unpaired) electrons. The van der Waals surface area contributed by atoms with E-state index in [-0.39, 0.29) is 12.8 Å². The van der Waals surface area contributed by atoms with Crippen LogP contribution in [0.3, 0.4) is 0 Å². The molecule has 0 saturated heterocycles. The maximum atomic E-state index is 12.3. The smallest absolute Gasteiger partial charge is 0.472 e. The van der Waals surface area contributed by atoms with Crippen molar-refractivity contribution >= 4 is 25.7 Å². The number of amides is 1. The number of unbranched alkanes of at least 4 members (excludes halogenated alkanes) is 24. The molecule has 0 aromatic rings. The van der Waals surface area contributed by atoms with Gasteiger partial charge in [-0.2, -0.15) is 0 Å². The number of ether oxygens (including phenoxy) is 1. The molecule has 4 N–H and O–H groups in total. The van der Waals surface area contributed by atoms with Gasteiger partial charge in [-0.25, -0.2) is 9.36 Å². The normalized spacial score (nSPS) is 13.9. The van der Waals surface area contributed by atoms with Crippen LogP contribution in [0, 0.1) is 0 Å². The standard InChI is InChI=1S/C44H82NO10P/c1-3-5-7-9-11-13-15-17-19-20-21-22-24-26-28-30-32-34-36-43(48)53-37-40(46)38-54-56(51,52)55-39-41(44(49)50)45-42(47)35-33-31-29-27-25-23-18-16-14-12-10-8-6-4-2/h13,15,19-20,40-41,46H,3-12,14,16-18,21-39H2,1-2H3,(H,45,47)(H,49,50)(H,51,52)/b15-13-,20-19-. The Hall–Kier alpha value is -2.04. The molecule has 1 amide bonds. The van der Waals surface area contributed by atoms with Crippen molar-refractivity contribution in [3.05, 3.63) is 24.3 Å². The Bertz CT molecular complexity index is 1050. The summed E-state index contributed by atoms with van der Waals surface area (Å²) in [4.78, 5) is 45.9. The van der Waals surface area contributed by atoms with Gasteiger partial charge in [-0.15, -0.1) is 0 Å². The Morgan fingerprint density at radius 3 is 1.46 bits per heavy atom. The van der Waals surface area contributed by atoms with Crippen molar-refractivity contribution in [2.45, 2.75) is 219 Å². The van der Waals surface area contributed by atoms with Gasteiger partial charge in [-0.1, -0.05) is 173 Å². The van der Waals surface area contributed by atoms with Gasteiger partial charge in [-0.3, -0.25) is 18.6 Å². The van der Waals surface area contributed by atoms with Gasteiger partial charge in [0.25, 0.3) is 0 Å². The maximum Gasteiger partial charge on any atom is 0.472 e. The fraction of sp³-hybridized carbons (Fsp3) is 0.841. The second-order valence-electron chi connectivity index (χ2n) is 15.2. The van der Waals surface area contributed by atoms with Crippen LogP contribution < -0.4 is 5.32 Å². The number of carbonyl (C=O) groups is 3. The predicted molar refractivity (Wildman–Crippen MR) is 226 cm³/mol. The average molecular weight is 816 g/mol. The monoisotopic (exact) mass is 816 g/mol. The van der Waals surface area contributed by atoms with Crippen LogP contribution in [0.2, 0.25) is 0 Å². The molecular formula is C44H82NO10P. The first-order valence-electron chi connectivity index (χ1n) is 22.4. The number of carbonyl (C=O) groups excluding carboxylic acids is 2. The summed E-state index contributed by atoms with van der Waals surface area (Å²) in [5.74, 6) is -2.37. The molecule has 0 bridgehead atoms. The third kappa shape index (κ3) is 38.8. The van der Waals surface area contributed by atoms with Crippen molar-refractivity contribution in [2.75, 3.05) is 19.8 Å². The summed E-state index contributed by atoms with van der Waals surface area (Å²) in [6.45, 7) is 2.58. The average Bonchev–Trinajstić information content (AvgIpc) is 3.17. The Morgan fingerprint density at radius 2 is 0.982 bits per heavy atom. The first kappa shape index (κ1) is 54.0. The largest absolute Gasteiger partial charge is 0.480 e. The Morgan fingerprint density at radius 1 is 0.571 bits per heavy atom. The lowest BCUT2D eigenvalue weighted by Crippen LogP contribution is -2.43. The molecule has 0 fully saturated rings. The van der Waals surface area contributed by atoms with Crippen LogP contribution in [0.4, 0.5) is 0 Å². The third-order valence-electron chi connectivity index (χ3n) is 9.74. The van der Waals surface area contributed by atoms with E-state index >= 15 is 0 Å². The quantitative estimate of drug-likeness (QED) is 0.0201. The van der Waals surface area contributed by atoms with E-state index in [0.29, 0.717) is 12.8 Å². The molecule has 3 unspecified atom stereocenters. The summed E-state index contributed by atoms with van der Waals surface area (Å²) in [5, 5.41) is 21.8. The van der Waals surface area contributed by atoms with Crippen LogP contribution in [-0.4, -0.2) is 64.9 Å². The molecule has 0 spiro atoms. The van der Waals surface area contributed by atoms with E-state index in [1.165, 1.54) is 116 Å². The van der Waals surface area contributed by atoms with Crippen LogP contribution in [0.25, 0.3) is 0 Å². The molecule has 0 aliphatic carbocycles. The van der Waals surface area contributed by atoms with E-state index < -0.39 is 57.6 Å². The second kappa shape index (κ2) is 39.8. The number of esters is 1. The number of carboxylic acids is 1. The molecule has 56 heavy (non-hydrogen) atoms. The van der Waals surface area contributed by atoms with E-state index in [9.17, 15) is 34.1 Å². The van der Waals surface area contributed by atoms with Crippen LogP contribution in [0.5, 0.6) is 0 Å². The topological polar surface area (TPSA) is 169 Å². The van der Waals surface area contributed by atoms with Gasteiger partial charge in [0.15, 0.2) is 6.04 Å². The zero-order chi connectivity index (χ0) is 41.4. The van der Waals surface area contributed by atoms with Crippen molar-refractivity contribution in [2.24, 2.45) is 0 Å². The molecule has 0 heterocycles. The molecule has 12 heteroatoms. The molecule has 3 atom stereocenters. The molecule has 0 aromatic heterocycles. The number of carboxylic acid groups (broad SMARTS) is 1. The summed E-state index contributed by atoms with van der Waals surface area (Å²) >= 11 is 0. The van der Waals surface area contributed by atoms with Gasteiger partial charge in [-0.05, 0) is 44.9 Å². The Labute approximate surface area is 340 Å². The van der Waals surface area contributed by atoms with E-state index in [2.05, 4.69) is 43.5 Å². The highest BCUT2D eigenvalue weighted by molar-refractivity contribution is 7.47. The number of allylic oxidation sites excluding steroid dienone is 4. The predicted octanol–water partition coefficient (Wildman–Crippen LogP) is 11.4. The van der Waals surface area contributed by atoms with Crippen molar-refractivity contribution < 1.29 is 47.8 Å². The number of phosphoric ester groups is 1. The summed E-state index contributed by atoms with van der Waals surface area (Å²) in [6.07, 6.45) is 40.5. The van der Waals surface area contributed by atoms with Gasteiger partial charge in [0, 0.05) is 12.8 Å². The summed E-state index contributed by atoms with van der Waals surface area (Å²) in [5.41, 5.74) is 0. The number of nitrogens with one attached hydrogen (secondary N) is 1. The zero-order valence-electron chi connectivity index (χ0n) is 35.4. The molecule has 0 saturated carbocycles. The minimum Gasteiger partial charge on any atom is -0.480 e. The second-order valence-corrected chi connectivity index (χ2v) is 16.7. The summed E-state index contributed by atoms with van der Waals surface area (Å²) < 4.78 is 26.8. The highest BCUT2D eigenvalue weighted by Crippen LogP contribution is 2.43. The maximum absolute atomic E-state index is 12.3. The van der Waals surface area contributed by atoms with Crippen LogP contribution >= 0.6 is 7.82 Å². The SMILES string of the molecule is CCCCCC/C=C\C/C=C\CCCCCCCCCC(=O)OCC(O)COP(=O)(O)OCC(NC(=O)CCCCCCCCCCCCCCCC)C(=O)O. The first-order valence-corrected chi connectivity index (χ1v) is 23.9. The number of phosphoric acid groups is 1. The highest BCUT2D eigenvalue weighted by Gasteiger charge is 2.28. The van der Waals surface area contributed by atoms with E-state index in [1.54, 1.807) is 0 Å². The van der Waals surface area contributed by atoms with Crippen molar-refractivity contribution in [1.29, 1.82) is 0 Å². The Balaban J connectivity index is 3.88. The summed E-state index contributed by atoms with van der Waals surface area (Å²) in [7, 11) is -4.75. The molecule has 0 aliphatic heterocycles. The van der Waals surface area contributed by atoms with Crippen molar-refractivity contribution in [3.63, 3.8) is 0 Å². The van der Waals surface area contributed by atoms with Gasteiger partial charge in [0.05, 0.1) is 13.2 Å². The minimum atomic E-state index is -4.75. The van der Waals surface area contributed by atoms with Gasteiger partial charge >= 0.3 is 19.8 Å². The molecule has 328 valence electrons. The van der Waals surface area contributed by atoms with Gasteiger partial charge in [0.1, 0.15) is 12.7 Å². The Kier molecular flexibility index (Phi) is 38.3. The number of aliphatic hydroxyl groups excluding tert-OH is 1. The zero-order valence-corrected chi connectivity index (χ0v) is 36.3. The van der Waals surface area contributed by atoms with Crippen molar-refractivity contribution in [3.8, 4) is 0 Å². The van der Waals surface area contributed by atoms with Crippen LogP contribution in [0.1, 0.15) is 206 Å². The van der Waals surface area contributed by atoms with E-state index in [0.717, 1.165) is 51.4 Å². The van der Waals surface area contributed by atoms with Crippen molar-refractivity contribution in [1.82, 2.24) is 5.32 Å². The lowest BCUT2D eigenvalue weighted by Gasteiger charge is -2.18. The van der Waals surface area contributed by atoms with Gasteiger partial charge < -0.3 is 25.2 Å². The lowest BCUT2D eigenvalue weighted by molar-refractivity contribution is -0.147. The van der Waals surface area contributed by atoms with Crippen LogP contribution in [-0.2, 0) is 32.7 Å². The third-order valence-corrected chi connectivity index (χ3v) is 10.7. The number of hydrogen-bond donors (Lipinski definition) is 4. The number of aliphatic hydroxyl groups is 1. The highest BCUT2D eigenvalue weighted by atomic mass is 31.2. The molecule has 0 aliphatic rings. The number of hydrogen-bond acceptors (Lipinski definition) is 8. The van der Waals surface area contributed by atoms with Gasteiger partial charge in [0.2, 0.25) is 5.91 Å². The fourth-order valence-electron chi connectivity index (χ4n) is 6.23. The molecule has 0 aromatic carbocycles. The van der Waals surface area contributed by atoms with E-state index in [1.807, 2.05) is 0 Å². The number of rotatable bonds is 42. The lowest BCUT2D eigenvalue weighted by atomic mass is 10.0. The molecule has 0 rings (SSSR count). The van der Waals surface area contributed by atoms with E-state index in [4.69, 9.17) is 13.8 Å². The minimum absolute atomic E-state index is 0.149. The molecular weight excluding hydrogens is 733 g/mol. The molecule has 11 nitrogen and oxygen atoms in total.